The van der Waals surface area contributed by atoms with Gasteiger partial charge in [-0.1, -0.05) is 43.3 Å². The molecule has 1 amide bonds. The summed E-state index contributed by atoms with van der Waals surface area (Å²) in [5.41, 5.74) is 1.20. The minimum atomic E-state index is -1.13. The molecule has 0 aliphatic carbocycles. The first-order chi connectivity index (χ1) is 11.5. The van der Waals surface area contributed by atoms with Crippen LogP contribution in [-0.4, -0.2) is 40.0 Å². The fourth-order valence-corrected chi connectivity index (χ4v) is 3.32. The molecule has 5 heteroatoms. The van der Waals surface area contributed by atoms with Crippen molar-refractivity contribution < 1.29 is 14.7 Å². The number of aromatic nitrogens is 1. The molecule has 1 aromatic carbocycles. The fraction of sp³-hybridized carbons (Fsp3) is 0.316. The molecule has 3 rings (SSSR count). The van der Waals surface area contributed by atoms with Gasteiger partial charge in [0.1, 0.15) is 11.4 Å². The number of hydrogen-bond acceptors (Lipinski definition) is 3. The molecule has 1 N–H and O–H groups in total. The van der Waals surface area contributed by atoms with E-state index in [4.69, 9.17) is 5.11 Å². The van der Waals surface area contributed by atoms with Gasteiger partial charge in [-0.25, -0.2) is 9.78 Å². The standard InChI is InChI=1S/C19H20N2O3/c1-19(14-7-3-2-4-8-14)11-6-12-21(13-19)17(22)15-9-5-10-16(20-15)18(23)24/h2-5,7-10H,6,11-13H2,1H3,(H,23,24). The van der Waals surface area contributed by atoms with Crippen molar-refractivity contribution in [2.45, 2.75) is 25.2 Å². The lowest BCUT2D eigenvalue weighted by atomic mass is 9.76. The van der Waals surface area contributed by atoms with Crippen LogP contribution in [0.3, 0.4) is 0 Å². The van der Waals surface area contributed by atoms with E-state index >= 15 is 0 Å². The lowest BCUT2D eigenvalue weighted by Crippen LogP contribution is -2.47. The van der Waals surface area contributed by atoms with E-state index in [2.05, 4.69) is 24.0 Å². The fourth-order valence-electron chi connectivity index (χ4n) is 3.32. The average Bonchev–Trinajstić information content (AvgIpc) is 2.62. The Morgan fingerprint density at radius 2 is 1.79 bits per heavy atom. The summed E-state index contributed by atoms with van der Waals surface area (Å²) in [4.78, 5) is 29.6. The van der Waals surface area contributed by atoms with Gasteiger partial charge in [-0.15, -0.1) is 0 Å². The zero-order valence-corrected chi connectivity index (χ0v) is 13.6. The number of amides is 1. The van der Waals surface area contributed by atoms with Crippen molar-refractivity contribution in [3.8, 4) is 0 Å². The second-order valence-corrected chi connectivity index (χ2v) is 6.47. The number of pyridine rings is 1. The molecule has 2 heterocycles. The predicted molar refractivity (Wildman–Crippen MR) is 90.1 cm³/mol. The molecule has 1 fully saturated rings. The first kappa shape index (κ1) is 16.2. The molecule has 1 aliphatic heterocycles. The number of piperidine rings is 1. The van der Waals surface area contributed by atoms with Crippen LogP contribution in [0.4, 0.5) is 0 Å². The zero-order chi connectivity index (χ0) is 17.2. The van der Waals surface area contributed by atoms with E-state index in [0.717, 1.165) is 12.8 Å². The Morgan fingerprint density at radius 3 is 2.50 bits per heavy atom. The van der Waals surface area contributed by atoms with E-state index in [-0.39, 0.29) is 22.7 Å². The maximum atomic E-state index is 12.8. The highest BCUT2D eigenvalue weighted by Crippen LogP contribution is 2.33. The number of carboxylic acids is 1. The maximum absolute atomic E-state index is 12.8. The topological polar surface area (TPSA) is 70.5 Å². The molecule has 2 aromatic rings. The minimum Gasteiger partial charge on any atom is -0.477 e. The van der Waals surface area contributed by atoms with Crippen LogP contribution in [0, 0.1) is 0 Å². The van der Waals surface area contributed by atoms with Crippen LogP contribution < -0.4 is 0 Å². The highest BCUT2D eigenvalue weighted by atomic mass is 16.4. The second-order valence-electron chi connectivity index (χ2n) is 6.47. The van der Waals surface area contributed by atoms with Crippen molar-refractivity contribution in [1.82, 2.24) is 9.88 Å². The van der Waals surface area contributed by atoms with Crippen molar-refractivity contribution in [2.75, 3.05) is 13.1 Å². The van der Waals surface area contributed by atoms with Gasteiger partial charge in [0, 0.05) is 18.5 Å². The Balaban J connectivity index is 1.83. The van der Waals surface area contributed by atoms with Crippen molar-refractivity contribution in [1.29, 1.82) is 0 Å². The van der Waals surface area contributed by atoms with E-state index in [1.807, 2.05) is 18.2 Å². The van der Waals surface area contributed by atoms with Crippen LogP contribution in [0.15, 0.2) is 48.5 Å². The number of carboxylic acid groups (broad SMARTS) is 1. The third kappa shape index (κ3) is 3.15. The summed E-state index contributed by atoms with van der Waals surface area (Å²) >= 11 is 0. The van der Waals surface area contributed by atoms with Crippen molar-refractivity contribution in [3.05, 3.63) is 65.5 Å². The Labute approximate surface area is 140 Å². The van der Waals surface area contributed by atoms with Crippen LogP contribution >= 0.6 is 0 Å². The Kier molecular flexibility index (Phi) is 4.34. The highest BCUT2D eigenvalue weighted by Gasteiger charge is 2.35. The number of rotatable bonds is 3. The summed E-state index contributed by atoms with van der Waals surface area (Å²) in [6.45, 7) is 3.44. The first-order valence-electron chi connectivity index (χ1n) is 8.05. The van der Waals surface area contributed by atoms with Gasteiger partial charge in [0.2, 0.25) is 0 Å². The first-order valence-corrected chi connectivity index (χ1v) is 8.05. The molecule has 24 heavy (non-hydrogen) atoms. The predicted octanol–water partition coefficient (Wildman–Crippen LogP) is 2.97. The molecular weight excluding hydrogens is 304 g/mol. The second kappa shape index (κ2) is 6.43. The largest absolute Gasteiger partial charge is 0.477 e. The summed E-state index contributed by atoms with van der Waals surface area (Å²) in [5.74, 6) is -1.34. The molecule has 5 nitrogen and oxygen atoms in total. The SMILES string of the molecule is CC1(c2ccccc2)CCCN(C(=O)c2cccc(C(=O)O)n2)C1. The van der Waals surface area contributed by atoms with E-state index in [1.54, 1.807) is 17.0 Å². The number of hydrogen-bond donors (Lipinski definition) is 1. The van der Waals surface area contributed by atoms with Crippen molar-refractivity contribution in [2.24, 2.45) is 0 Å². The monoisotopic (exact) mass is 324 g/mol. The minimum absolute atomic E-state index is 0.0976. The quantitative estimate of drug-likeness (QED) is 0.942. The number of benzene rings is 1. The molecule has 0 saturated carbocycles. The van der Waals surface area contributed by atoms with Gasteiger partial charge in [0.05, 0.1) is 0 Å². The van der Waals surface area contributed by atoms with Crippen LogP contribution in [0.1, 0.15) is 46.3 Å². The zero-order valence-electron chi connectivity index (χ0n) is 13.6. The van der Waals surface area contributed by atoms with Crippen LogP contribution in [-0.2, 0) is 5.41 Å². The molecule has 1 saturated heterocycles. The Hall–Kier alpha value is -2.69. The number of aromatic carboxylic acids is 1. The van der Waals surface area contributed by atoms with E-state index in [9.17, 15) is 9.59 Å². The summed E-state index contributed by atoms with van der Waals surface area (Å²) in [5, 5.41) is 9.05. The summed E-state index contributed by atoms with van der Waals surface area (Å²) in [6.07, 6.45) is 1.93. The average molecular weight is 324 g/mol. The third-order valence-electron chi connectivity index (χ3n) is 4.64. The van der Waals surface area contributed by atoms with Crippen LogP contribution in [0.2, 0.25) is 0 Å². The maximum Gasteiger partial charge on any atom is 0.354 e. The normalized spacial score (nSPS) is 20.6. The van der Waals surface area contributed by atoms with Crippen molar-refractivity contribution in [3.63, 3.8) is 0 Å². The number of carbonyl (C=O) groups is 2. The van der Waals surface area contributed by atoms with Gasteiger partial charge < -0.3 is 10.0 Å². The molecule has 124 valence electrons. The molecule has 1 aromatic heterocycles. The molecule has 1 atom stereocenters. The summed E-state index contributed by atoms with van der Waals surface area (Å²) in [7, 11) is 0. The lowest BCUT2D eigenvalue weighted by molar-refractivity contribution is 0.0643. The van der Waals surface area contributed by atoms with Gasteiger partial charge in [-0.2, -0.15) is 0 Å². The van der Waals surface area contributed by atoms with Crippen LogP contribution in [0.5, 0.6) is 0 Å². The van der Waals surface area contributed by atoms with E-state index in [0.29, 0.717) is 13.1 Å². The molecule has 0 bridgehead atoms. The van der Waals surface area contributed by atoms with E-state index < -0.39 is 5.97 Å². The van der Waals surface area contributed by atoms with Gasteiger partial charge in [-0.3, -0.25) is 4.79 Å². The number of nitrogens with zero attached hydrogens (tertiary/aromatic N) is 2. The van der Waals surface area contributed by atoms with E-state index in [1.165, 1.54) is 11.6 Å². The Bertz CT molecular complexity index is 760. The number of carbonyl (C=O) groups excluding carboxylic acids is 1. The number of likely N-dealkylation sites (tertiary alicyclic amines) is 1. The van der Waals surface area contributed by atoms with Gasteiger partial charge in [-0.05, 0) is 30.5 Å². The highest BCUT2D eigenvalue weighted by molar-refractivity contribution is 5.94. The third-order valence-corrected chi connectivity index (χ3v) is 4.64. The van der Waals surface area contributed by atoms with Crippen molar-refractivity contribution >= 4 is 11.9 Å². The van der Waals surface area contributed by atoms with Gasteiger partial charge in [0.15, 0.2) is 0 Å². The van der Waals surface area contributed by atoms with Crippen LogP contribution in [0.25, 0.3) is 0 Å². The molecule has 1 unspecified atom stereocenters. The molecular formula is C19H20N2O3. The smallest absolute Gasteiger partial charge is 0.354 e. The van der Waals surface area contributed by atoms with Gasteiger partial charge >= 0.3 is 5.97 Å². The molecule has 0 radical (unpaired) electrons. The Morgan fingerprint density at radius 1 is 1.08 bits per heavy atom. The lowest BCUT2D eigenvalue weighted by Gasteiger charge is -2.40. The summed E-state index contributed by atoms with van der Waals surface area (Å²) in [6, 6.07) is 14.7. The molecule has 1 aliphatic rings. The molecule has 0 spiro atoms. The van der Waals surface area contributed by atoms with Gasteiger partial charge in [0.25, 0.3) is 5.91 Å². The summed E-state index contributed by atoms with van der Waals surface area (Å²) < 4.78 is 0.